The maximum Gasteiger partial charge on any atom is 0.152 e. The van der Waals surface area contributed by atoms with E-state index in [9.17, 15) is 13.6 Å². The molecule has 5 heteroatoms. The molecule has 1 heterocycles. The molecule has 0 aliphatic carbocycles. The molecular formula is C11H10F2N2O. The van der Waals surface area contributed by atoms with Gasteiger partial charge in [0.1, 0.15) is 17.1 Å². The fourth-order valence-electron chi connectivity index (χ4n) is 1.57. The van der Waals surface area contributed by atoms with E-state index in [0.29, 0.717) is 13.0 Å². The average molecular weight is 224 g/mol. The zero-order chi connectivity index (χ0) is 11.7. The van der Waals surface area contributed by atoms with Gasteiger partial charge in [-0.2, -0.15) is 0 Å². The number of halogens is 2. The maximum absolute atomic E-state index is 13.5. The normalized spacial score (nSPS) is 10.9. The van der Waals surface area contributed by atoms with Crippen molar-refractivity contribution < 1.29 is 13.6 Å². The molecule has 1 aromatic heterocycles. The van der Waals surface area contributed by atoms with Crippen molar-refractivity contribution >= 4 is 16.8 Å². The number of imidazole rings is 1. The van der Waals surface area contributed by atoms with Gasteiger partial charge in [-0.3, -0.25) is 4.79 Å². The van der Waals surface area contributed by atoms with Crippen molar-refractivity contribution in [1.29, 1.82) is 0 Å². The number of Topliss-reactive ketones (excluding diaryl/α,β-unsaturated/α-hetero) is 1. The van der Waals surface area contributed by atoms with Crippen LogP contribution in [0.5, 0.6) is 0 Å². The fraction of sp³-hybridized carbons (Fsp3) is 0.273. The Bertz CT molecular complexity index is 548. The molecule has 0 fully saturated rings. The van der Waals surface area contributed by atoms with Gasteiger partial charge >= 0.3 is 0 Å². The molecule has 3 nitrogen and oxygen atoms in total. The first-order valence-electron chi connectivity index (χ1n) is 4.87. The Kier molecular flexibility index (Phi) is 2.68. The summed E-state index contributed by atoms with van der Waals surface area (Å²) < 4.78 is 27.9. The van der Waals surface area contributed by atoms with Gasteiger partial charge < -0.3 is 4.57 Å². The van der Waals surface area contributed by atoms with Gasteiger partial charge in [-0.1, -0.05) is 0 Å². The average Bonchev–Trinajstić information content (AvgIpc) is 2.57. The number of hydrogen-bond acceptors (Lipinski definition) is 2. The van der Waals surface area contributed by atoms with Crippen molar-refractivity contribution in [3.63, 3.8) is 0 Å². The van der Waals surface area contributed by atoms with Crippen molar-refractivity contribution in [1.82, 2.24) is 9.55 Å². The molecule has 2 aromatic rings. The van der Waals surface area contributed by atoms with E-state index in [-0.39, 0.29) is 16.8 Å². The maximum atomic E-state index is 13.5. The molecule has 84 valence electrons. The largest absolute Gasteiger partial charge is 0.328 e. The van der Waals surface area contributed by atoms with Crippen LogP contribution in [0.1, 0.15) is 13.3 Å². The van der Waals surface area contributed by atoms with E-state index in [1.54, 1.807) is 0 Å². The van der Waals surface area contributed by atoms with Gasteiger partial charge in [0.05, 0.1) is 11.8 Å². The minimum atomic E-state index is -0.656. The highest BCUT2D eigenvalue weighted by Crippen LogP contribution is 2.18. The van der Waals surface area contributed by atoms with E-state index in [2.05, 4.69) is 4.98 Å². The first-order chi connectivity index (χ1) is 7.58. The van der Waals surface area contributed by atoms with E-state index < -0.39 is 11.6 Å². The molecule has 0 spiro atoms. The van der Waals surface area contributed by atoms with Crippen LogP contribution >= 0.6 is 0 Å². The predicted octanol–water partition coefficient (Wildman–Crippen LogP) is 2.29. The lowest BCUT2D eigenvalue weighted by atomic mass is 10.2. The highest BCUT2D eigenvalue weighted by molar-refractivity contribution is 5.77. The monoisotopic (exact) mass is 224 g/mol. The highest BCUT2D eigenvalue weighted by Gasteiger charge is 2.10. The smallest absolute Gasteiger partial charge is 0.152 e. The number of ketones is 1. The van der Waals surface area contributed by atoms with Gasteiger partial charge in [-0.05, 0) is 6.92 Å². The number of carbonyl (C=O) groups excluding carboxylic acids is 1. The highest BCUT2D eigenvalue weighted by atomic mass is 19.1. The summed E-state index contributed by atoms with van der Waals surface area (Å²) in [6.45, 7) is 1.82. The molecule has 0 N–H and O–H groups in total. The summed E-state index contributed by atoms with van der Waals surface area (Å²) in [5.74, 6) is -1.29. The third-order valence-corrected chi connectivity index (χ3v) is 2.34. The lowest BCUT2D eigenvalue weighted by Gasteiger charge is -2.02. The minimum absolute atomic E-state index is 0.0179. The molecular weight excluding hydrogens is 214 g/mol. The van der Waals surface area contributed by atoms with Gasteiger partial charge in [0, 0.05) is 25.1 Å². The zero-order valence-electron chi connectivity index (χ0n) is 8.70. The van der Waals surface area contributed by atoms with E-state index in [0.717, 1.165) is 6.07 Å². The fourth-order valence-corrected chi connectivity index (χ4v) is 1.57. The summed E-state index contributed by atoms with van der Waals surface area (Å²) in [7, 11) is 0. The molecule has 0 aliphatic heterocycles. The van der Waals surface area contributed by atoms with Gasteiger partial charge in [0.2, 0.25) is 0 Å². The summed E-state index contributed by atoms with van der Waals surface area (Å²) >= 11 is 0. The van der Waals surface area contributed by atoms with Gasteiger partial charge in [0.25, 0.3) is 0 Å². The molecule has 0 saturated heterocycles. The van der Waals surface area contributed by atoms with Crippen LogP contribution < -0.4 is 0 Å². The molecule has 0 bridgehead atoms. The van der Waals surface area contributed by atoms with Crippen LogP contribution in [0.3, 0.4) is 0 Å². The number of benzene rings is 1. The molecule has 2 rings (SSSR count). The number of nitrogens with zero attached hydrogens (tertiary/aromatic N) is 2. The minimum Gasteiger partial charge on any atom is -0.328 e. The van der Waals surface area contributed by atoms with Crippen LogP contribution in [0.25, 0.3) is 11.0 Å². The number of fused-ring (bicyclic) bond motifs is 1. The number of rotatable bonds is 3. The van der Waals surface area contributed by atoms with Crippen molar-refractivity contribution in [3.8, 4) is 0 Å². The number of hydrogen-bond donors (Lipinski definition) is 0. The van der Waals surface area contributed by atoms with Gasteiger partial charge in [-0.25, -0.2) is 13.8 Å². The van der Waals surface area contributed by atoms with Gasteiger partial charge in [-0.15, -0.1) is 0 Å². The summed E-state index contributed by atoms with van der Waals surface area (Å²) in [4.78, 5) is 14.7. The van der Waals surface area contributed by atoms with Crippen LogP contribution in [0.4, 0.5) is 8.78 Å². The molecule has 0 saturated carbocycles. The van der Waals surface area contributed by atoms with Crippen molar-refractivity contribution in [2.75, 3.05) is 0 Å². The number of aryl methyl sites for hydroxylation is 1. The topological polar surface area (TPSA) is 34.9 Å². The van der Waals surface area contributed by atoms with E-state index in [1.165, 1.54) is 23.9 Å². The molecule has 0 radical (unpaired) electrons. The summed E-state index contributed by atoms with van der Waals surface area (Å²) in [5, 5.41) is 0. The Labute approximate surface area is 90.7 Å². The van der Waals surface area contributed by atoms with Crippen LogP contribution in [0, 0.1) is 11.6 Å². The molecule has 1 aromatic carbocycles. The summed E-state index contributed by atoms with van der Waals surface area (Å²) in [6.07, 6.45) is 1.72. The van der Waals surface area contributed by atoms with Crippen molar-refractivity contribution in [2.24, 2.45) is 0 Å². The molecule has 0 aliphatic rings. The Morgan fingerprint density at radius 3 is 2.88 bits per heavy atom. The second kappa shape index (κ2) is 4.00. The van der Waals surface area contributed by atoms with E-state index in [4.69, 9.17) is 0 Å². The van der Waals surface area contributed by atoms with Crippen LogP contribution in [0.2, 0.25) is 0 Å². The third kappa shape index (κ3) is 1.93. The van der Waals surface area contributed by atoms with Crippen LogP contribution in [-0.4, -0.2) is 15.3 Å². The summed E-state index contributed by atoms with van der Waals surface area (Å²) in [5.41, 5.74) is 0.503. The Balaban J connectivity index is 2.43. The second-order valence-corrected chi connectivity index (χ2v) is 3.65. The lowest BCUT2D eigenvalue weighted by Crippen LogP contribution is -2.02. The Morgan fingerprint density at radius 1 is 1.44 bits per heavy atom. The lowest BCUT2D eigenvalue weighted by molar-refractivity contribution is -0.117. The first-order valence-corrected chi connectivity index (χ1v) is 4.87. The summed E-state index contributed by atoms with van der Waals surface area (Å²) in [6, 6.07) is 1.98. The van der Waals surface area contributed by atoms with E-state index >= 15 is 0 Å². The van der Waals surface area contributed by atoms with E-state index in [1.807, 2.05) is 0 Å². The number of aromatic nitrogens is 2. The number of carbonyl (C=O) groups is 1. The molecule has 0 unspecified atom stereocenters. The quantitative estimate of drug-likeness (QED) is 0.801. The third-order valence-electron chi connectivity index (χ3n) is 2.34. The molecule has 16 heavy (non-hydrogen) atoms. The van der Waals surface area contributed by atoms with Gasteiger partial charge in [0.15, 0.2) is 5.82 Å². The Hall–Kier alpha value is -1.78. The first kappa shape index (κ1) is 10.7. The SMILES string of the molecule is CC(=O)CCn1cnc2cc(F)cc(F)c21. The second-order valence-electron chi connectivity index (χ2n) is 3.65. The molecule has 0 amide bonds. The van der Waals surface area contributed by atoms with Crippen molar-refractivity contribution in [2.45, 2.75) is 19.9 Å². The Morgan fingerprint density at radius 2 is 2.19 bits per heavy atom. The zero-order valence-corrected chi connectivity index (χ0v) is 8.70. The van der Waals surface area contributed by atoms with Crippen LogP contribution in [0.15, 0.2) is 18.5 Å². The van der Waals surface area contributed by atoms with Crippen molar-refractivity contribution in [3.05, 3.63) is 30.1 Å². The van der Waals surface area contributed by atoms with Crippen LogP contribution in [-0.2, 0) is 11.3 Å². The predicted molar refractivity (Wildman–Crippen MR) is 54.9 cm³/mol. The molecule has 0 atom stereocenters. The standard InChI is InChI=1S/C11H10F2N2O/c1-7(16)2-3-15-6-14-10-5-8(12)4-9(13)11(10)15/h4-6H,2-3H2,1H3.